The van der Waals surface area contributed by atoms with Gasteiger partial charge in [0, 0.05) is 25.7 Å². The van der Waals surface area contributed by atoms with E-state index in [-0.39, 0.29) is 18.2 Å². The lowest BCUT2D eigenvalue weighted by atomic mass is 10.1. The Labute approximate surface area is 104 Å². The number of ether oxygens (including phenoxy) is 2. The highest BCUT2D eigenvalue weighted by atomic mass is 16.5. The fourth-order valence-corrected chi connectivity index (χ4v) is 1.87. The summed E-state index contributed by atoms with van der Waals surface area (Å²) >= 11 is 0. The monoisotopic (exact) mass is 246 g/mol. The van der Waals surface area contributed by atoms with Crippen LogP contribution in [0.4, 0.5) is 0 Å². The lowest BCUT2D eigenvalue weighted by Crippen LogP contribution is -2.51. The van der Waals surface area contributed by atoms with Gasteiger partial charge in [0.1, 0.15) is 0 Å². The SMILES string of the molecule is CC(C)OCC(O)CN1CCOC(C(C)N)C1. The lowest BCUT2D eigenvalue weighted by Gasteiger charge is -2.35. The Morgan fingerprint density at radius 1 is 1.47 bits per heavy atom. The molecule has 3 atom stereocenters. The summed E-state index contributed by atoms with van der Waals surface area (Å²) in [7, 11) is 0. The van der Waals surface area contributed by atoms with E-state index in [2.05, 4.69) is 4.90 Å². The van der Waals surface area contributed by atoms with Crippen molar-refractivity contribution < 1.29 is 14.6 Å². The molecule has 1 aliphatic rings. The Bertz CT molecular complexity index is 212. The standard InChI is InChI=1S/C12H26N2O3/c1-9(2)17-8-11(15)6-14-4-5-16-12(7-14)10(3)13/h9-12,15H,4-8,13H2,1-3H3. The molecule has 0 radical (unpaired) electrons. The van der Waals surface area contributed by atoms with E-state index >= 15 is 0 Å². The van der Waals surface area contributed by atoms with Crippen molar-refractivity contribution in [1.29, 1.82) is 0 Å². The van der Waals surface area contributed by atoms with Gasteiger partial charge < -0.3 is 20.3 Å². The fraction of sp³-hybridized carbons (Fsp3) is 1.00. The van der Waals surface area contributed by atoms with Crippen molar-refractivity contribution in [3.8, 4) is 0 Å². The lowest BCUT2D eigenvalue weighted by molar-refractivity contribution is -0.0617. The average Bonchev–Trinajstić information content (AvgIpc) is 2.26. The zero-order valence-corrected chi connectivity index (χ0v) is 11.1. The molecule has 0 aromatic heterocycles. The number of aliphatic hydroxyl groups excluding tert-OH is 1. The number of hydrogen-bond donors (Lipinski definition) is 2. The summed E-state index contributed by atoms with van der Waals surface area (Å²) in [6.07, 6.45) is -0.211. The van der Waals surface area contributed by atoms with E-state index in [1.54, 1.807) is 0 Å². The van der Waals surface area contributed by atoms with Crippen LogP contribution in [-0.2, 0) is 9.47 Å². The second-order valence-corrected chi connectivity index (χ2v) is 5.06. The van der Waals surface area contributed by atoms with Crippen molar-refractivity contribution in [2.75, 3.05) is 32.8 Å². The van der Waals surface area contributed by atoms with Crippen LogP contribution in [0.15, 0.2) is 0 Å². The van der Waals surface area contributed by atoms with Crippen molar-refractivity contribution in [3.05, 3.63) is 0 Å². The molecule has 1 aliphatic heterocycles. The summed E-state index contributed by atoms with van der Waals surface area (Å²) in [6, 6.07) is 0.0295. The molecular formula is C12H26N2O3. The predicted octanol–water partition coefficient (Wildman–Crippen LogP) is -0.180. The number of nitrogens with two attached hydrogens (primary N) is 1. The second-order valence-electron chi connectivity index (χ2n) is 5.06. The van der Waals surface area contributed by atoms with Gasteiger partial charge in [-0.05, 0) is 20.8 Å². The number of β-amino-alcohol motifs (C(OH)–C–C–N with tert-alkyl or cyclic N) is 1. The first-order valence-corrected chi connectivity index (χ1v) is 6.38. The molecule has 1 rings (SSSR count). The number of hydrogen-bond acceptors (Lipinski definition) is 5. The van der Waals surface area contributed by atoms with E-state index in [4.69, 9.17) is 15.2 Å². The number of morpholine rings is 1. The average molecular weight is 246 g/mol. The molecule has 3 N–H and O–H groups in total. The highest BCUT2D eigenvalue weighted by molar-refractivity contribution is 4.79. The van der Waals surface area contributed by atoms with Crippen LogP contribution in [0.2, 0.25) is 0 Å². The molecule has 5 heteroatoms. The Kier molecular flexibility index (Phi) is 6.37. The van der Waals surface area contributed by atoms with Gasteiger partial charge in [0.15, 0.2) is 0 Å². The summed E-state index contributed by atoms with van der Waals surface area (Å²) in [5.74, 6) is 0. The largest absolute Gasteiger partial charge is 0.389 e. The van der Waals surface area contributed by atoms with Gasteiger partial charge in [-0.3, -0.25) is 4.90 Å². The summed E-state index contributed by atoms with van der Waals surface area (Å²) in [5.41, 5.74) is 5.82. The molecule has 0 spiro atoms. The first-order chi connectivity index (χ1) is 7.99. The molecule has 0 saturated carbocycles. The van der Waals surface area contributed by atoms with Crippen molar-refractivity contribution in [2.45, 2.75) is 45.1 Å². The van der Waals surface area contributed by atoms with Gasteiger partial charge in [-0.25, -0.2) is 0 Å². The van der Waals surface area contributed by atoms with Gasteiger partial charge in [-0.1, -0.05) is 0 Å². The Hall–Kier alpha value is -0.200. The smallest absolute Gasteiger partial charge is 0.0900 e. The Morgan fingerprint density at radius 2 is 2.18 bits per heavy atom. The molecule has 1 heterocycles. The van der Waals surface area contributed by atoms with Crippen LogP contribution in [0, 0.1) is 0 Å². The minimum Gasteiger partial charge on any atom is -0.389 e. The molecule has 0 aliphatic carbocycles. The van der Waals surface area contributed by atoms with Gasteiger partial charge in [0.2, 0.25) is 0 Å². The molecule has 0 bridgehead atoms. The van der Waals surface area contributed by atoms with Crippen LogP contribution in [0.5, 0.6) is 0 Å². The summed E-state index contributed by atoms with van der Waals surface area (Å²) in [5, 5.41) is 9.84. The molecule has 1 saturated heterocycles. The maximum absolute atomic E-state index is 9.84. The van der Waals surface area contributed by atoms with Crippen molar-refractivity contribution >= 4 is 0 Å². The molecular weight excluding hydrogens is 220 g/mol. The van der Waals surface area contributed by atoms with Crippen molar-refractivity contribution in [2.24, 2.45) is 5.73 Å². The quantitative estimate of drug-likeness (QED) is 0.680. The van der Waals surface area contributed by atoms with E-state index in [0.717, 1.165) is 13.1 Å². The molecule has 3 unspecified atom stereocenters. The van der Waals surface area contributed by atoms with Crippen LogP contribution in [-0.4, -0.2) is 67.2 Å². The second kappa shape index (κ2) is 7.28. The van der Waals surface area contributed by atoms with Gasteiger partial charge in [-0.2, -0.15) is 0 Å². The Balaban J connectivity index is 2.25. The van der Waals surface area contributed by atoms with Gasteiger partial charge in [0.25, 0.3) is 0 Å². The first-order valence-electron chi connectivity index (χ1n) is 6.38. The molecule has 5 nitrogen and oxygen atoms in total. The highest BCUT2D eigenvalue weighted by Crippen LogP contribution is 2.08. The van der Waals surface area contributed by atoms with Crippen LogP contribution in [0.1, 0.15) is 20.8 Å². The van der Waals surface area contributed by atoms with E-state index < -0.39 is 6.10 Å². The molecule has 102 valence electrons. The van der Waals surface area contributed by atoms with Crippen LogP contribution in [0.3, 0.4) is 0 Å². The first kappa shape index (κ1) is 14.9. The zero-order valence-electron chi connectivity index (χ0n) is 11.1. The molecule has 1 fully saturated rings. The summed E-state index contributed by atoms with van der Waals surface area (Å²) in [4.78, 5) is 2.19. The number of rotatable bonds is 6. The molecule has 0 aromatic rings. The van der Waals surface area contributed by atoms with E-state index in [9.17, 15) is 5.11 Å². The molecule has 0 aromatic carbocycles. The maximum atomic E-state index is 9.84. The topological polar surface area (TPSA) is 68.0 Å². The minimum absolute atomic E-state index is 0.0295. The maximum Gasteiger partial charge on any atom is 0.0900 e. The third kappa shape index (κ3) is 5.79. The molecule has 0 amide bonds. The van der Waals surface area contributed by atoms with E-state index in [1.165, 1.54) is 0 Å². The minimum atomic E-state index is -0.441. The van der Waals surface area contributed by atoms with Gasteiger partial charge in [0.05, 0.1) is 31.5 Å². The fourth-order valence-electron chi connectivity index (χ4n) is 1.87. The van der Waals surface area contributed by atoms with Gasteiger partial charge >= 0.3 is 0 Å². The van der Waals surface area contributed by atoms with Gasteiger partial charge in [-0.15, -0.1) is 0 Å². The predicted molar refractivity (Wildman–Crippen MR) is 66.9 cm³/mol. The third-order valence-electron chi connectivity index (χ3n) is 2.85. The number of nitrogens with zero attached hydrogens (tertiary/aromatic N) is 1. The van der Waals surface area contributed by atoms with Crippen LogP contribution >= 0.6 is 0 Å². The third-order valence-corrected chi connectivity index (χ3v) is 2.85. The van der Waals surface area contributed by atoms with Crippen LogP contribution in [0.25, 0.3) is 0 Å². The van der Waals surface area contributed by atoms with Crippen LogP contribution < -0.4 is 5.73 Å². The Morgan fingerprint density at radius 3 is 2.76 bits per heavy atom. The normalized spacial score (nSPS) is 26.1. The summed E-state index contributed by atoms with van der Waals surface area (Å²) < 4.78 is 11.0. The number of aliphatic hydroxyl groups is 1. The van der Waals surface area contributed by atoms with E-state index in [0.29, 0.717) is 19.8 Å². The highest BCUT2D eigenvalue weighted by Gasteiger charge is 2.24. The van der Waals surface area contributed by atoms with Crippen molar-refractivity contribution in [1.82, 2.24) is 4.90 Å². The summed E-state index contributed by atoms with van der Waals surface area (Å²) in [6.45, 7) is 9.22. The van der Waals surface area contributed by atoms with Crippen molar-refractivity contribution in [3.63, 3.8) is 0 Å². The molecule has 17 heavy (non-hydrogen) atoms. The zero-order chi connectivity index (χ0) is 12.8. The van der Waals surface area contributed by atoms with E-state index in [1.807, 2.05) is 20.8 Å².